The molecular formula is C21H29ClN4OS. The van der Waals surface area contributed by atoms with Gasteiger partial charge in [-0.2, -0.15) is 0 Å². The quantitative estimate of drug-likeness (QED) is 0.331. The number of nitrogens with one attached hydrogen (secondary N) is 1. The predicted octanol–water partition coefficient (Wildman–Crippen LogP) is 5.04. The lowest BCUT2D eigenvalue weighted by molar-refractivity contribution is 0.0952. The molecule has 2 aromatic rings. The normalized spacial score (nSPS) is 10.9. The molecule has 1 N–H and O–H groups in total. The van der Waals surface area contributed by atoms with Gasteiger partial charge in [0.25, 0.3) is 5.91 Å². The fourth-order valence-corrected chi connectivity index (χ4v) is 3.67. The summed E-state index contributed by atoms with van der Waals surface area (Å²) in [4.78, 5) is 23.2. The summed E-state index contributed by atoms with van der Waals surface area (Å²) in [5.41, 5.74) is 1.79. The number of rotatable bonds is 10. The molecular weight excluding hydrogens is 392 g/mol. The van der Waals surface area contributed by atoms with Crippen LogP contribution in [0.3, 0.4) is 0 Å². The van der Waals surface area contributed by atoms with Crippen molar-refractivity contribution in [2.45, 2.75) is 45.0 Å². The highest BCUT2D eigenvalue weighted by Crippen LogP contribution is 2.24. The third-order valence-electron chi connectivity index (χ3n) is 4.34. The maximum atomic E-state index is 12.2. The second-order valence-corrected chi connectivity index (χ2v) is 8.26. The summed E-state index contributed by atoms with van der Waals surface area (Å²) in [6, 6.07) is 9.47. The lowest BCUT2D eigenvalue weighted by Gasteiger charge is -2.20. The first kappa shape index (κ1) is 22.5. The van der Waals surface area contributed by atoms with Crippen LogP contribution in [0.25, 0.3) is 0 Å². The molecule has 1 heterocycles. The average Bonchev–Trinajstić information content (AvgIpc) is 2.67. The third kappa shape index (κ3) is 6.99. The number of carbonyl (C=O) groups excluding carboxylic acids is 1. The molecule has 7 heteroatoms. The standard InChI is InChI=1S/C21H29ClN4OS/c1-5-26(6-2)19-13-18(22)24-21(25-19)28-14-16-7-9-17(10-8-16)20(27)23-12-11-15(3)4/h7-10,13,15H,5-6,11-12,14H2,1-4H3,(H,23,27). The Balaban J connectivity index is 1.95. The van der Waals surface area contributed by atoms with Crippen molar-refractivity contribution >= 4 is 35.1 Å². The number of nitrogens with zero attached hydrogens (tertiary/aromatic N) is 3. The minimum absolute atomic E-state index is 0.0260. The second kappa shape index (κ2) is 11.3. The van der Waals surface area contributed by atoms with E-state index in [9.17, 15) is 4.79 Å². The number of carbonyl (C=O) groups is 1. The first-order chi connectivity index (χ1) is 13.4. The van der Waals surface area contributed by atoms with E-state index in [4.69, 9.17) is 11.6 Å². The predicted molar refractivity (Wildman–Crippen MR) is 118 cm³/mol. The van der Waals surface area contributed by atoms with Crippen LogP contribution in [-0.4, -0.2) is 35.5 Å². The topological polar surface area (TPSA) is 58.1 Å². The van der Waals surface area contributed by atoms with E-state index in [1.165, 1.54) is 11.8 Å². The number of thioether (sulfide) groups is 1. The third-order valence-corrected chi connectivity index (χ3v) is 5.45. The van der Waals surface area contributed by atoms with Crippen molar-refractivity contribution in [1.82, 2.24) is 15.3 Å². The molecule has 0 aliphatic rings. The zero-order valence-corrected chi connectivity index (χ0v) is 18.6. The van der Waals surface area contributed by atoms with E-state index in [1.54, 1.807) is 6.07 Å². The summed E-state index contributed by atoms with van der Waals surface area (Å²) in [5.74, 6) is 2.12. The summed E-state index contributed by atoms with van der Waals surface area (Å²) in [7, 11) is 0. The molecule has 5 nitrogen and oxygen atoms in total. The molecule has 0 saturated heterocycles. The molecule has 2 rings (SSSR count). The van der Waals surface area contributed by atoms with Gasteiger partial charge in [0.05, 0.1) is 0 Å². The Hall–Kier alpha value is -1.79. The second-order valence-electron chi connectivity index (χ2n) is 6.93. The van der Waals surface area contributed by atoms with Gasteiger partial charge in [0.2, 0.25) is 0 Å². The van der Waals surface area contributed by atoms with Crippen LogP contribution in [0.2, 0.25) is 5.15 Å². The summed E-state index contributed by atoms with van der Waals surface area (Å²) in [6.07, 6.45) is 0.982. The highest BCUT2D eigenvalue weighted by atomic mass is 35.5. The van der Waals surface area contributed by atoms with Gasteiger partial charge in [-0.05, 0) is 43.9 Å². The Bertz CT molecular complexity index is 764. The van der Waals surface area contributed by atoms with Crippen molar-refractivity contribution < 1.29 is 4.79 Å². The first-order valence-electron chi connectivity index (χ1n) is 9.72. The van der Waals surface area contributed by atoms with Crippen LogP contribution >= 0.6 is 23.4 Å². The molecule has 1 aromatic carbocycles. The molecule has 0 bridgehead atoms. The fraction of sp³-hybridized carbons (Fsp3) is 0.476. The number of halogens is 1. The van der Waals surface area contributed by atoms with Crippen LogP contribution in [0.4, 0.5) is 5.82 Å². The molecule has 0 atom stereocenters. The van der Waals surface area contributed by atoms with Crippen LogP contribution in [0, 0.1) is 5.92 Å². The molecule has 0 fully saturated rings. The molecule has 1 amide bonds. The van der Waals surface area contributed by atoms with Crippen LogP contribution in [0.1, 0.15) is 50.0 Å². The summed E-state index contributed by atoms with van der Waals surface area (Å²) in [6.45, 7) is 10.9. The Labute approximate surface area is 177 Å². The number of amides is 1. The average molecular weight is 421 g/mol. The zero-order chi connectivity index (χ0) is 20.5. The van der Waals surface area contributed by atoms with Crippen LogP contribution in [0.5, 0.6) is 0 Å². The van der Waals surface area contributed by atoms with E-state index >= 15 is 0 Å². The van der Waals surface area contributed by atoms with Gasteiger partial charge in [-0.25, -0.2) is 9.97 Å². The minimum Gasteiger partial charge on any atom is -0.357 e. The fourth-order valence-electron chi connectivity index (χ4n) is 2.64. The maximum absolute atomic E-state index is 12.2. The minimum atomic E-state index is -0.0260. The van der Waals surface area contributed by atoms with E-state index in [2.05, 4.69) is 47.9 Å². The molecule has 0 radical (unpaired) electrons. The monoisotopic (exact) mass is 420 g/mol. The number of aromatic nitrogens is 2. The van der Waals surface area contributed by atoms with Gasteiger partial charge >= 0.3 is 0 Å². The van der Waals surface area contributed by atoms with Crippen LogP contribution in [-0.2, 0) is 5.75 Å². The lowest BCUT2D eigenvalue weighted by atomic mass is 10.1. The van der Waals surface area contributed by atoms with Gasteiger partial charge in [-0.1, -0.05) is 49.3 Å². The van der Waals surface area contributed by atoms with Gasteiger partial charge in [0, 0.05) is 37.0 Å². The zero-order valence-electron chi connectivity index (χ0n) is 17.0. The number of hydrogen-bond acceptors (Lipinski definition) is 5. The number of benzene rings is 1. The molecule has 28 heavy (non-hydrogen) atoms. The highest BCUT2D eigenvalue weighted by Gasteiger charge is 2.10. The van der Waals surface area contributed by atoms with Crippen LogP contribution in [0.15, 0.2) is 35.5 Å². The van der Waals surface area contributed by atoms with E-state index in [-0.39, 0.29) is 5.91 Å². The lowest BCUT2D eigenvalue weighted by Crippen LogP contribution is -2.25. The van der Waals surface area contributed by atoms with E-state index in [1.807, 2.05) is 24.3 Å². The van der Waals surface area contributed by atoms with Gasteiger partial charge in [-0.15, -0.1) is 0 Å². The van der Waals surface area contributed by atoms with Crippen molar-refractivity contribution in [3.8, 4) is 0 Å². The SMILES string of the molecule is CCN(CC)c1cc(Cl)nc(SCc2ccc(C(=O)NCCC(C)C)cc2)n1. The van der Waals surface area contributed by atoms with Gasteiger partial charge in [0.15, 0.2) is 5.16 Å². The summed E-state index contributed by atoms with van der Waals surface area (Å²) < 4.78 is 0. The molecule has 152 valence electrons. The summed E-state index contributed by atoms with van der Waals surface area (Å²) >= 11 is 7.71. The first-order valence-corrected chi connectivity index (χ1v) is 11.1. The van der Waals surface area contributed by atoms with Gasteiger partial charge in [-0.3, -0.25) is 4.79 Å². The highest BCUT2D eigenvalue weighted by molar-refractivity contribution is 7.98. The molecule has 0 spiro atoms. The number of hydrogen-bond donors (Lipinski definition) is 1. The van der Waals surface area contributed by atoms with Crippen molar-refractivity contribution in [1.29, 1.82) is 0 Å². The molecule has 0 aliphatic heterocycles. The van der Waals surface area contributed by atoms with Crippen molar-refractivity contribution in [3.05, 3.63) is 46.6 Å². The molecule has 0 unspecified atom stereocenters. The molecule has 1 aromatic heterocycles. The van der Waals surface area contributed by atoms with Gasteiger partial charge < -0.3 is 10.2 Å². The van der Waals surface area contributed by atoms with Crippen molar-refractivity contribution in [2.75, 3.05) is 24.5 Å². The Kier molecular flexibility index (Phi) is 9.06. The Morgan fingerprint density at radius 1 is 1.18 bits per heavy atom. The number of anilines is 1. The smallest absolute Gasteiger partial charge is 0.251 e. The largest absolute Gasteiger partial charge is 0.357 e. The van der Waals surface area contributed by atoms with Gasteiger partial charge in [0.1, 0.15) is 11.0 Å². The van der Waals surface area contributed by atoms with E-state index < -0.39 is 0 Å². The van der Waals surface area contributed by atoms with Crippen molar-refractivity contribution in [2.24, 2.45) is 5.92 Å². The van der Waals surface area contributed by atoms with E-state index in [0.717, 1.165) is 30.9 Å². The van der Waals surface area contributed by atoms with Crippen LogP contribution < -0.4 is 10.2 Å². The Morgan fingerprint density at radius 2 is 1.86 bits per heavy atom. The van der Waals surface area contributed by atoms with E-state index in [0.29, 0.717) is 34.1 Å². The Morgan fingerprint density at radius 3 is 2.46 bits per heavy atom. The molecule has 0 saturated carbocycles. The summed E-state index contributed by atoms with van der Waals surface area (Å²) in [5, 5.41) is 4.07. The van der Waals surface area contributed by atoms with Crippen molar-refractivity contribution in [3.63, 3.8) is 0 Å². The maximum Gasteiger partial charge on any atom is 0.251 e. The molecule has 0 aliphatic carbocycles.